The molecule has 7 rings (SSSR count). The Bertz CT molecular complexity index is 1860. The van der Waals surface area contributed by atoms with E-state index in [9.17, 15) is 18.8 Å². The number of ketones is 1. The zero-order valence-corrected chi connectivity index (χ0v) is 25.5. The first-order valence-corrected chi connectivity index (χ1v) is 15.5. The number of rotatable bonds is 6. The number of nitrogens with zero attached hydrogens (tertiary/aromatic N) is 6. The molecule has 0 bridgehead atoms. The van der Waals surface area contributed by atoms with E-state index in [1.54, 1.807) is 6.07 Å². The van der Waals surface area contributed by atoms with Crippen molar-refractivity contribution in [3.8, 4) is 11.1 Å². The number of fused-ring (bicyclic) bond motifs is 2. The molecule has 2 unspecified atom stereocenters. The molecule has 46 heavy (non-hydrogen) atoms. The summed E-state index contributed by atoms with van der Waals surface area (Å²) in [4.78, 5) is 49.8. The lowest BCUT2D eigenvalue weighted by Crippen LogP contribution is -2.48. The van der Waals surface area contributed by atoms with Crippen LogP contribution < -0.4 is 16.0 Å². The minimum Gasteiger partial charge on any atom is -0.369 e. The van der Waals surface area contributed by atoms with Gasteiger partial charge in [0.2, 0.25) is 0 Å². The standard InChI is InChI=1S/C34H35FN8O3/c1-40-11-13-41(14-12-40)25-8-9-26-23(15-25)18-37-33(26)38-34(46)42-19-24(35)17-29(42)30(44)20-43-28-10-7-22(21-5-3-2-4-6-21)16-27(28)31(39-43)32(36)45/h2-10,15-16,24,29H,11-14,17-20H2,1H3,(H2,36,45)(H,37,38,46). The van der Waals surface area contributed by atoms with Crippen molar-refractivity contribution in [1.29, 1.82) is 0 Å². The van der Waals surface area contributed by atoms with E-state index in [4.69, 9.17) is 5.73 Å². The van der Waals surface area contributed by atoms with E-state index in [2.05, 4.69) is 38.3 Å². The van der Waals surface area contributed by atoms with Crippen molar-refractivity contribution in [2.24, 2.45) is 10.7 Å². The van der Waals surface area contributed by atoms with Gasteiger partial charge in [0.15, 0.2) is 11.5 Å². The molecule has 4 heterocycles. The van der Waals surface area contributed by atoms with Gasteiger partial charge in [-0.3, -0.25) is 24.6 Å². The number of hydrogen-bond donors (Lipinski definition) is 2. The van der Waals surface area contributed by atoms with E-state index >= 15 is 0 Å². The Morgan fingerprint density at radius 3 is 2.52 bits per heavy atom. The van der Waals surface area contributed by atoms with Gasteiger partial charge in [-0.2, -0.15) is 5.10 Å². The highest BCUT2D eigenvalue weighted by Gasteiger charge is 2.40. The molecule has 236 valence electrons. The zero-order chi connectivity index (χ0) is 31.9. The Hall–Kier alpha value is -5.10. The third kappa shape index (κ3) is 5.60. The lowest BCUT2D eigenvalue weighted by atomic mass is 10.0. The summed E-state index contributed by atoms with van der Waals surface area (Å²) in [6, 6.07) is 19.7. The Morgan fingerprint density at radius 1 is 0.978 bits per heavy atom. The molecule has 0 spiro atoms. The minimum absolute atomic E-state index is 0.0404. The van der Waals surface area contributed by atoms with Gasteiger partial charge in [-0.25, -0.2) is 9.18 Å². The number of amides is 3. The summed E-state index contributed by atoms with van der Waals surface area (Å²) in [5.74, 6) is -0.703. The molecule has 3 aromatic carbocycles. The first-order valence-electron chi connectivity index (χ1n) is 15.5. The van der Waals surface area contributed by atoms with Crippen molar-refractivity contribution in [3.05, 3.63) is 83.6 Å². The molecule has 2 atom stereocenters. The zero-order valence-electron chi connectivity index (χ0n) is 25.5. The Balaban J connectivity index is 1.07. The highest BCUT2D eigenvalue weighted by Crippen LogP contribution is 2.29. The van der Waals surface area contributed by atoms with Gasteiger partial charge in [0.25, 0.3) is 5.91 Å². The Kier molecular flexibility index (Phi) is 7.73. The molecule has 3 amide bonds. The normalized spacial score (nSPS) is 19.7. The maximum atomic E-state index is 14.8. The van der Waals surface area contributed by atoms with E-state index in [1.165, 1.54) is 9.58 Å². The van der Waals surface area contributed by atoms with Crippen LogP contribution >= 0.6 is 0 Å². The van der Waals surface area contributed by atoms with Crippen molar-refractivity contribution in [2.75, 3.05) is 44.7 Å². The number of aliphatic imine (C=N–C) groups is 1. The molecule has 12 heteroatoms. The third-order valence-corrected chi connectivity index (χ3v) is 9.12. The van der Waals surface area contributed by atoms with Crippen LogP contribution in [0.25, 0.3) is 22.0 Å². The van der Waals surface area contributed by atoms with Crippen LogP contribution in [0.15, 0.2) is 71.7 Å². The number of anilines is 1. The van der Waals surface area contributed by atoms with Crippen LogP contribution in [-0.4, -0.2) is 95.1 Å². The highest BCUT2D eigenvalue weighted by atomic mass is 19.1. The van der Waals surface area contributed by atoms with Gasteiger partial charge in [0.1, 0.15) is 18.6 Å². The molecular weight excluding hydrogens is 587 g/mol. The summed E-state index contributed by atoms with van der Waals surface area (Å²) in [5, 5.41) is 7.71. The predicted molar refractivity (Wildman–Crippen MR) is 174 cm³/mol. The molecule has 3 aliphatic rings. The number of likely N-dealkylation sites (tertiary alicyclic amines) is 1. The number of carbonyl (C=O) groups is 3. The number of piperazine rings is 1. The molecule has 2 saturated heterocycles. The summed E-state index contributed by atoms with van der Waals surface area (Å²) in [5.41, 5.74) is 11.0. The van der Waals surface area contributed by atoms with Crippen LogP contribution in [0.3, 0.4) is 0 Å². The van der Waals surface area contributed by atoms with Gasteiger partial charge in [-0.05, 0) is 54.1 Å². The second-order valence-corrected chi connectivity index (χ2v) is 12.2. The number of aromatic nitrogens is 2. The quantitative estimate of drug-likeness (QED) is 0.340. The molecule has 0 saturated carbocycles. The molecule has 4 aromatic rings. The lowest BCUT2D eigenvalue weighted by molar-refractivity contribution is -0.123. The number of alkyl halides is 1. The molecule has 0 radical (unpaired) electrons. The second-order valence-electron chi connectivity index (χ2n) is 12.2. The number of likely N-dealkylation sites (N-methyl/N-ethyl adjacent to an activating group) is 1. The number of primary amides is 1. The maximum Gasteiger partial charge on any atom is 0.323 e. The summed E-state index contributed by atoms with van der Waals surface area (Å²) in [6.45, 7) is 3.85. The number of nitrogens with two attached hydrogens (primary N) is 1. The Morgan fingerprint density at radius 2 is 1.76 bits per heavy atom. The van der Waals surface area contributed by atoms with E-state index < -0.39 is 29.9 Å². The van der Waals surface area contributed by atoms with E-state index in [0.717, 1.165) is 54.1 Å². The summed E-state index contributed by atoms with van der Waals surface area (Å²) in [7, 11) is 2.12. The van der Waals surface area contributed by atoms with Crippen LogP contribution in [0.5, 0.6) is 0 Å². The molecule has 11 nitrogen and oxygen atoms in total. The fraction of sp³-hybridized carbons (Fsp3) is 0.324. The van der Waals surface area contributed by atoms with Gasteiger partial charge < -0.3 is 20.4 Å². The van der Waals surface area contributed by atoms with Crippen LogP contribution in [-0.2, 0) is 17.9 Å². The molecule has 3 N–H and O–H groups in total. The number of halogens is 1. The number of nitrogens with one attached hydrogen (secondary N) is 1. The van der Waals surface area contributed by atoms with Crippen molar-refractivity contribution in [2.45, 2.75) is 31.7 Å². The van der Waals surface area contributed by atoms with E-state index in [1.807, 2.05) is 54.6 Å². The number of Topliss-reactive ketones (excluding diaryl/α,β-unsaturated/α-hetero) is 1. The summed E-state index contributed by atoms with van der Waals surface area (Å²) >= 11 is 0. The van der Waals surface area contributed by atoms with Gasteiger partial charge in [-0.1, -0.05) is 36.4 Å². The second kappa shape index (κ2) is 12.0. The number of urea groups is 1. The van der Waals surface area contributed by atoms with Crippen molar-refractivity contribution < 1.29 is 18.8 Å². The van der Waals surface area contributed by atoms with Crippen LogP contribution in [0, 0.1) is 0 Å². The van der Waals surface area contributed by atoms with Crippen molar-refractivity contribution in [1.82, 2.24) is 24.9 Å². The van der Waals surface area contributed by atoms with Crippen LogP contribution in [0.2, 0.25) is 0 Å². The summed E-state index contributed by atoms with van der Waals surface area (Å²) in [6.07, 6.45) is -1.48. The molecule has 1 aromatic heterocycles. The average Bonchev–Trinajstić information content (AvgIpc) is 3.76. The first kappa shape index (κ1) is 29.6. The average molecular weight is 623 g/mol. The molecule has 2 fully saturated rings. The van der Waals surface area contributed by atoms with Gasteiger partial charge in [-0.15, -0.1) is 0 Å². The largest absolute Gasteiger partial charge is 0.369 e. The SMILES string of the molecule is CN1CCN(c2ccc3c(c2)CN=C3NC(=O)N2CC(F)CC2C(=O)Cn2nc(C(N)=O)c3cc(-c4ccccc4)ccc32)CC1. The number of amidine groups is 1. The topological polar surface area (TPSA) is 129 Å². The van der Waals surface area contributed by atoms with Gasteiger partial charge in [0, 0.05) is 49.2 Å². The lowest BCUT2D eigenvalue weighted by Gasteiger charge is -2.34. The van der Waals surface area contributed by atoms with E-state index in [-0.39, 0.29) is 25.2 Å². The highest BCUT2D eigenvalue weighted by molar-refractivity contribution is 6.10. The van der Waals surface area contributed by atoms with Crippen LogP contribution in [0.4, 0.5) is 14.9 Å². The monoisotopic (exact) mass is 622 g/mol. The first-order chi connectivity index (χ1) is 22.2. The van der Waals surface area contributed by atoms with E-state index in [0.29, 0.717) is 23.3 Å². The fourth-order valence-corrected chi connectivity index (χ4v) is 6.59. The minimum atomic E-state index is -1.35. The fourth-order valence-electron chi connectivity index (χ4n) is 6.59. The number of carbonyl (C=O) groups excluding carboxylic acids is 3. The van der Waals surface area contributed by atoms with Crippen LogP contribution in [0.1, 0.15) is 28.0 Å². The number of benzene rings is 3. The smallest absolute Gasteiger partial charge is 0.323 e. The maximum absolute atomic E-state index is 14.8. The summed E-state index contributed by atoms with van der Waals surface area (Å²) < 4.78 is 16.2. The van der Waals surface area contributed by atoms with Gasteiger partial charge >= 0.3 is 6.03 Å². The van der Waals surface area contributed by atoms with Crippen molar-refractivity contribution >= 4 is 40.1 Å². The Labute approximate surface area is 265 Å². The van der Waals surface area contributed by atoms with Gasteiger partial charge in [0.05, 0.1) is 24.6 Å². The van der Waals surface area contributed by atoms with Crippen molar-refractivity contribution in [3.63, 3.8) is 0 Å². The predicted octanol–water partition coefficient (Wildman–Crippen LogP) is 3.21. The molecule has 3 aliphatic heterocycles. The number of hydrogen-bond acceptors (Lipinski definition) is 7. The molecular formula is C34H35FN8O3. The molecule has 0 aliphatic carbocycles. The third-order valence-electron chi connectivity index (χ3n) is 9.12.